The van der Waals surface area contributed by atoms with Crippen molar-refractivity contribution >= 4 is 5.96 Å². The lowest BCUT2D eigenvalue weighted by Gasteiger charge is -2.48. The highest BCUT2D eigenvalue weighted by molar-refractivity contribution is 5.79. The molecule has 32 heavy (non-hydrogen) atoms. The first-order chi connectivity index (χ1) is 15.6. The van der Waals surface area contributed by atoms with E-state index in [4.69, 9.17) is 4.74 Å². The van der Waals surface area contributed by atoms with Gasteiger partial charge in [-0.05, 0) is 37.5 Å². The van der Waals surface area contributed by atoms with Crippen molar-refractivity contribution in [3.8, 4) is 5.69 Å². The highest BCUT2D eigenvalue weighted by atomic mass is 19.1. The van der Waals surface area contributed by atoms with Gasteiger partial charge in [-0.2, -0.15) is 0 Å². The number of hydrogen-bond donors (Lipinski definition) is 2. The van der Waals surface area contributed by atoms with Crippen molar-refractivity contribution in [2.45, 2.75) is 51.1 Å². The molecule has 174 valence electrons. The molecule has 7 nitrogen and oxygen atoms in total. The summed E-state index contributed by atoms with van der Waals surface area (Å²) in [6.45, 7) is 6.85. The van der Waals surface area contributed by atoms with Gasteiger partial charge in [0.2, 0.25) is 0 Å². The fraction of sp³-hybridized carbons (Fsp3) is 0.583. The largest absolute Gasteiger partial charge is 0.379 e. The molecule has 1 aliphatic heterocycles. The van der Waals surface area contributed by atoms with Gasteiger partial charge < -0.3 is 19.9 Å². The van der Waals surface area contributed by atoms with Crippen molar-refractivity contribution in [1.29, 1.82) is 0 Å². The number of halogens is 1. The lowest BCUT2D eigenvalue weighted by Crippen LogP contribution is -2.60. The van der Waals surface area contributed by atoms with E-state index in [9.17, 15) is 4.39 Å². The molecule has 1 saturated heterocycles. The maximum absolute atomic E-state index is 14.7. The molecule has 0 radical (unpaired) electrons. The number of nitrogens with zero attached hydrogens (tertiary/aromatic N) is 4. The van der Waals surface area contributed by atoms with Crippen LogP contribution in [0.4, 0.5) is 4.39 Å². The van der Waals surface area contributed by atoms with Gasteiger partial charge in [-0.15, -0.1) is 0 Å². The van der Waals surface area contributed by atoms with E-state index in [1.54, 1.807) is 36.1 Å². The van der Waals surface area contributed by atoms with E-state index < -0.39 is 0 Å². The predicted molar refractivity (Wildman–Crippen MR) is 125 cm³/mol. The molecule has 2 fully saturated rings. The zero-order valence-electron chi connectivity index (χ0n) is 19.2. The number of nitrogens with one attached hydrogen (secondary N) is 2. The molecular weight excluding hydrogens is 407 g/mol. The van der Waals surface area contributed by atoms with Gasteiger partial charge >= 0.3 is 0 Å². The molecular formula is C24H35FN6O. The minimum atomic E-state index is -0.262. The Morgan fingerprint density at radius 3 is 2.62 bits per heavy atom. The summed E-state index contributed by atoms with van der Waals surface area (Å²) in [5.74, 6) is 1.25. The second kappa shape index (κ2) is 10.4. The Bertz CT molecular complexity index is 915. The van der Waals surface area contributed by atoms with E-state index in [2.05, 4.69) is 25.5 Å². The number of benzene rings is 1. The Morgan fingerprint density at radius 1 is 1.19 bits per heavy atom. The Kier molecular flexibility index (Phi) is 7.42. The average molecular weight is 443 g/mol. The third kappa shape index (κ3) is 5.13. The van der Waals surface area contributed by atoms with Crippen LogP contribution < -0.4 is 10.6 Å². The van der Waals surface area contributed by atoms with Gasteiger partial charge in [0.1, 0.15) is 11.6 Å². The van der Waals surface area contributed by atoms with Crippen LogP contribution in [0, 0.1) is 12.7 Å². The fourth-order valence-corrected chi connectivity index (χ4v) is 5.00. The van der Waals surface area contributed by atoms with E-state index in [1.165, 1.54) is 32.1 Å². The van der Waals surface area contributed by atoms with Gasteiger partial charge in [0.25, 0.3) is 0 Å². The maximum atomic E-state index is 14.7. The van der Waals surface area contributed by atoms with Crippen molar-refractivity contribution < 1.29 is 9.13 Å². The number of imidazole rings is 1. The molecule has 2 heterocycles. The number of rotatable bonds is 6. The first-order valence-corrected chi connectivity index (χ1v) is 11.7. The van der Waals surface area contributed by atoms with E-state index in [1.807, 2.05) is 13.0 Å². The molecule has 2 aliphatic rings. The van der Waals surface area contributed by atoms with Crippen molar-refractivity contribution in [3.63, 3.8) is 0 Å². The SMILES string of the molecule is CN=C(NCc1ccc(-n2ccnc2C)c(F)c1)NCC1(N2CCOCC2)CCCCC1. The summed E-state index contributed by atoms with van der Waals surface area (Å²) in [5, 5.41) is 6.90. The molecule has 8 heteroatoms. The normalized spacial score (nSPS) is 19.7. The molecule has 4 rings (SSSR count). The smallest absolute Gasteiger partial charge is 0.191 e. The van der Waals surface area contributed by atoms with Crippen LogP contribution in [0.15, 0.2) is 35.6 Å². The summed E-state index contributed by atoms with van der Waals surface area (Å²) in [4.78, 5) is 11.2. The number of morpholine rings is 1. The van der Waals surface area contributed by atoms with E-state index in [0.717, 1.165) is 50.2 Å². The van der Waals surface area contributed by atoms with Gasteiger partial charge in [0.15, 0.2) is 5.96 Å². The quantitative estimate of drug-likeness (QED) is 0.532. The van der Waals surface area contributed by atoms with Gasteiger partial charge in [-0.25, -0.2) is 9.37 Å². The minimum Gasteiger partial charge on any atom is -0.379 e. The second-order valence-electron chi connectivity index (χ2n) is 8.79. The van der Waals surface area contributed by atoms with Crippen LogP contribution in [0.5, 0.6) is 0 Å². The molecule has 2 N–H and O–H groups in total. The molecule has 2 aromatic rings. The van der Waals surface area contributed by atoms with E-state index in [-0.39, 0.29) is 11.4 Å². The monoisotopic (exact) mass is 442 g/mol. The number of aromatic nitrogens is 2. The van der Waals surface area contributed by atoms with Crippen LogP contribution in [-0.2, 0) is 11.3 Å². The average Bonchev–Trinajstić information content (AvgIpc) is 3.26. The number of guanidine groups is 1. The number of ether oxygens (including phenoxy) is 1. The number of hydrogen-bond acceptors (Lipinski definition) is 4. The topological polar surface area (TPSA) is 66.7 Å². The Hall–Kier alpha value is -2.45. The summed E-state index contributed by atoms with van der Waals surface area (Å²) < 4.78 is 22.0. The highest BCUT2D eigenvalue weighted by Crippen LogP contribution is 2.33. The summed E-state index contributed by atoms with van der Waals surface area (Å²) in [6.07, 6.45) is 9.72. The lowest BCUT2D eigenvalue weighted by atomic mass is 9.80. The molecule has 0 amide bonds. The summed E-state index contributed by atoms with van der Waals surface area (Å²) >= 11 is 0. The standard InChI is InChI=1S/C24H35FN6O/c1-19-27-10-11-31(19)22-7-6-20(16-21(22)25)17-28-23(26-2)29-18-24(8-4-3-5-9-24)30-12-14-32-15-13-30/h6-7,10-11,16H,3-5,8-9,12-15,17-18H2,1-2H3,(H2,26,28,29). The second-order valence-corrected chi connectivity index (χ2v) is 8.79. The summed E-state index contributed by atoms with van der Waals surface area (Å²) in [5.41, 5.74) is 1.54. The maximum Gasteiger partial charge on any atom is 0.191 e. The Balaban J connectivity index is 1.36. The van der Waals surface area contributed by atoms with Crippen molar-refractivity contribution in [3.05, 3.63) is 47.8 Å². The molecule has 1 saturated carbocycles. The van der Waals surface area contributed by atoms with Crippen LogP contribution >= 0.6 is 0 Å². The van der Waals surface area contributed by atoms with E-state index in [0.29, 0.717) is 12.2 Å². The summed E-state index contributed by atoms with van der Waals surface area (Å²) in [6, 6.07) is 5.31. The van der Waals surface area contributed by atoms with Gasteiger partial charge in [-0.1, -0.05) is 25.3 Å². The third-order valence-corrected chi connectivity index (χ3v) is 6.83. The number of aliphatic imine (C=N–C) groups is 1. The predicted octanol–water partition coefficient (Wildman–Crippen LogP) is 3.02. The zero-order valence-corrected chi connectivity index (χ0v) is 19.2. The molecule has 1 aromatic carbocycles. The van der Waals surface area contributed by atoms with Crippen LogP contribution in [0.3, 0.4) is 0 Å². The van der Waals surface area contributed by atoms with Crippen LogP contribution in [0.2, 0.25) is 0 Å². The Labute approximate surface area is 190 Å². The lowest BCUT2D eigenvalue weighted by molar-refractivity contribution is -0.0352. The molecule has 1 aromatic heterocycles. The van der Waals surface area contributed by atoms with Crippen molar-refractivity contribution in [2.75, 3.05) is 39.9 Å². The molecule has 1 aliphatic carbocycles. The van der Waals surface area contributed by atoms with Gasteiger partial charge in [0.05, 0.1) is 18.9 Å². The van der Waals surface area contributed by atoms with E-state index >= 15 is 0 Å². The summed E-state index contributed by atoms with van der Waals surface area (Å²) in [7, 11) is 1.78. The molecule has 0 atom stereocenters. The van der Waals surface area contributed by atoms with Crippen molar-refractivity contribution in [2.24, 2.45) is 4.99 Å². The fourth-order valence-electron chi connectivity index (χ4n) is 5.00. The first kappa shape index (κ1) is 22.7. The minimum absolute atomic E-state index is 0.163. The zero-order chi connectivity index (χ0) is 22.4. The van der Waals surface area contributed by atoms with Crippen molar-refractivity contribution in [1.82, 2.24) is 25.1 Å². The van der Waals surface area contributed by atoms with Crippen LogP contribution in [0.1, 0.15) is 43.5 Å². The molecule has 0 bridgehead atoms. The Morgan fingerprint density at radius 2 is 1.97 bits per heavy atom. The van der Waals surface area contributed by atoms with Crippen LogP contribution in [-0.4, -0.2) is 65.8 Å². The molecule has 0 spiro atoms. The highest BCUT2D eigenvalue weighted by Gasteiger charge is 2.38. The van der Waals surface area contributed by atoms with Gasteiger partial charge in [0, 0.05) is 51.2 Å². The first-order valence-electron chi connectivity index (χ1n) is 11.7. The number of aryl methyl sites for hydroxylation is 1. The van der Waals surface area contributed by atoms with Gasteiger partial charge in [-0.3, -0.25) is 9.89 Å². The third-order valence-electron chi connectivity index (χ3n) is 6.83. The van der Waals surface area contributed by atoms with Crippen LogP contribution in [0.25, 0.3) is 5.69 Å². The molecule has 0 unspecified atom stereocenters.